The number of aromatic nitrogens is 2. The fourth-order valence-corrected chi connectivity index (χ4v) is 3.42. The second-order valence-electron chi connectivity index (χ2n) is 6.35. The lowest BCUT2D eigenvalue weighted by molar-refractivity contribution is 1.18. The lowest BCUT2D eigenvalue weighted by Gasteiger charge is -2.07. The first-order valence-corrected chi connectivity index (χ1v) is 8.69. The molecule has 0 N–H and O–H groups in total. The summed E-state index contributed by atoms with van der Waals surface area (Å²) in [6.07, 6.45) is 1.83. The molecule has 26 heavy (non-hydrogen) atoms. The largest absolute Gasteiger partial charge is 0.237 e. The van der Waals surface area contributed by atoms with Crippen LogP contribution in [0.25, 0.3) is 44.2 Å². The number of fused-ring (bicyclic) bond motifs is 3. The van der Waals surface area contributed by atoms with Gasteiger partial charge in [-0.3, -0.25) is 0 Å². The highest BCUT2D eigenvalue weighted by atomic mass is 14.9. The van der Waals surface area contributed by atoms with Crippen molar-refractivity contribution in [2.45, 2.75) is 0 Å². The van der Waals surface area contributed by atoms with E-state index in [4.69, 9.17) is 4.98 Å². The maximum atomic E-state index is 4.77. The Balaban J connectivity index is 1.64. The summed E-state index contributed by atoms with van der Waals surface area (Å²) in [6.45, 7) is 0. The average Bonchev–Trinajstić information content (AvgIpc) is 2.74. The first-order valence-electron chi connectivity index (χ1n) is 8.69. The number of hydrogen-bond acceptors (Lipinski definition) is 2. The van der Waals surface area contributed by atoms with E-state index in [0.29, 0.717) is 0 Å². The van der Waals surface area contributed by atoms with Crippen LogP contribution in [0.1, 0.15) is 0 Å². The Morgan fingerprint density at radius 1 is 0.538 bits per heavy atom. The first kappa shape index (κ1) is 14.8. The predicted octanol–water partition coefficient (Wildman–Crippen LogP) is 6.12. The van der Waals surface area contributed by atoms with E-state index >= 15 is 0 Å². The van der Waals surface area contributed by atoms with Gasteiger partial charge in [-0.1, -0.05) is 78.9 Å². The van der Waals surface area contributed by atoms with Crippen molar-refractivity contribution < 1.29 is 0 Å². The summed E-state index contributed by atoms with van der Waals surface area (Å²) in [4.78, 5) is 9.26. The van der Waals surface area contributed by atoms with Crippen molar-refractivity contribution in [3.05, 3.63) is 97.2 Å². The van der Waals surface area contributed by atoms with Crippen molar-refractivity contribution in [1.29, 1.82) is 0 Å². The molecule has 0 bridgehead atoms. The van der Waals surface area contributed by atoms with Gasteiger partial charge in [-0.25, -0.2) is 9.97 Å². The summed E-state index contributed by atoms with van der Waals surface area (Å²) in [5.74, 6) is 0.751. The Kier molecular flexibility index (Phi) is 3.46. The summed E-state index contributed by atoms with van der Waals surface area (Å²) in [5, 5.41) is 4.99. The third kappa shape index (κ3) is 2.52. The van der Waals surface area contributed by atoms with Crippen molar-refractivity contribution in [2.24, 2.45) is 0 Å². The van der Waals surface area contributed by atoms with Crippen molar-refractivity contribution >= 4 is 21.5 Å². The van der Waals surface area contributed by atoms with Crippen LogP contribution in [-0.2, 0) is 0 Å². The molecule has 4 aromatic carbocycles. The summed E-state index contributed by atoms with van der Waals surface area (Å²) in [5.41, 5.74) is 3.07. The molecule has 2 heteroatoms. The van der Waals surface area contributed by atoms with Crippen LogP contribution in [0, 0.1) is 0 Å². The molecule has 1 heterocycles. The Hall–Kier alpha value is -3.52. The minimum absolute atomic E-state index is 0.751. The Bertz CT molecular complexity index is 1230. The zero-order valence-electron chi connectivity index (χ0n) is 14.1. The molecular formula is C24H16N2. The molecule has 0 saturated carbocycles. The topological polar surface area (TPSA) is 25.8 Å². The Labute approximate surface area is 151 Å². The SMILES string of the molecule is c1ccc(-c2ccnc(-c3ccc4c(ccc5ccccc54)c3)n2)cc1. The normalized spacial score (nSPS) is 11.1. The van der Waals surface area contributed by atoms with E-state index in [2.05, 4.69) is 71.7 Å². The van der Waals surface area contributed by atoms with Crippen molar-refractivity contribution in [2.75, 3.05) is 0 Å². The molecule has 0 radical (unpaired) electrons. The van der Waals surface area contributed by atoms with Gasteiger partial charge in [0.25, 0.3) is 0 Å². The predicted molar refractivity (Wildman–Crippen MR) is 108 cm³/mol. The summed E-state index contributed by atoms with van der Waals surface area (Å²) < 4.78 is 0. The average molecular weight is 332 g/mol. The van der Waals surface area contributed by atoms with Gasteiger partial charge in [0.1, 0.15) is 0 Å². The molecule has 5 rings (SSSR count). The highest BCUT2D eigenvalue weighted by molar-refractivity contribution is 6.08. The maximum absolute atomic E-state index is 4.77. The van der Waals surface area contributed by atoms with E-state index in [0.717, 1.165) is 22.6 Å². The van der Waals surface area contributed by atoms with E-state index < -0.39 is 0 Å². The molecule has 1 aromatic heterocycles. The summed E-state index contributed by atoms with van der Waals surface area (Å²) >= 11 is 0. The van der Waals surface area contributed by atoms with Crippen LogP contribution in [0.2, 0.25) is 0 Å². The van der Waals surface area contributed by atoms with Gasteiger partial charge in [0.05, 0.1) is 5.69 Å². The monoisotopic (exact) mass is 332 g/mol. The van der Waals surface area contributed by atoms with E-state index in [-0.39, 0.29) is 0 Å². The van der Waals surface area contributed by atoms with Crippen LogP contribution in [0.4, 0.5) is 0 Å². The fourth-order valence-electron chi connectivity index (χ4n) is 3.42. The van der Waals surface area contributed by atoms with Crippen LogP contribution in [0.5, 0.6) is 0 Å². The molecule has 0 aliphatic carbocycles. The van der Waals surface area contributed by atoms with E-state index in [1.807, 2.05) is 30.5 Å². The molecular weight excluding hydrogens is 316 g/mol. The van der Waals surface area contributed by atoms with Gasteiger partial charge in [0, 0.05) is 17.3 Å². The maximum Gasteiger partial charge on any atom is 0.159 e. The van der Waals surface area contributed by atoms with Crippen molar-refractivity contribution in [3.63, 3.8) is 0 Å². The van der Waals surface area contributed by atoms with E-state index in [1.54, 1.807) is 0 Å². The van der Waals surface area contributed by atoms with Crippen LogP contribution in [0.3, 0.4) is 0 Å². The highest BCUT2D eigenvalue weighted by Gasteiger charge is 2.07. The van der Waals surface area contributed by atoms with Gasteiger partial charge in [0.2, 0.25) is 0 Å². The van der Waals surface area contributed by atoms with Gasteiger partial charge in [0.15, 0.2) is 5.82 Å². The molecule has 0 amide bonds. The first-order chi connectivity index (χ1) is 12.9. The molecule has 0 saturated heterocycles. The number of nitrogens with zero attached hydrogens (tertiary/aromatic N) is 2. The van der Waals surface area contributed by atoms with E-state index in [1.165, 1.54) is 21.5 Å². The molecule has 0 aliphatic rings. The zero-order chi connectivity index (χ0) is 17.3. The van der Waals surface area contributed by atoms with Gasteiger partial charge in [-0.15, -0.1) is 0 Å². The zero-order valence-corrected chi connectivity index (χ0v) is 14.1. The third-order valence-corrected chi connectivity index (χ3v) is 4.73. The third-order valence-electron chi connectivity index (χ3n) is 4.73. The molecule has 0 aliphatic heterocycles. The minimum Gasteiger partial charge on any atom is -0.237 e. The minimum atomic E-state index is 0.751. The quantitative estimate of drug-likeness (QED) is 0.364. The van der Waals surface area contributed by atoms with Crippen LogP contribution in [-0.4, -0.2) is 9.97 Å². The molecule has 2 nitrogen and oxygen atoms in total. The van der Waals surface area contributed by atoms with Crippen LogP contribution in [0.15, 0.2) is 97.2 Å². The lowest BCUT2D eigenvalue weighted by Crippen LogP contribution is -1.91. The summed E-state index contributed by atoms with van der Waals surface area (Å²) in [6, 6.07) is 31.4. The van der Waals surface area contributed by atoms with E-state index in [9.17, 15) is 0 Å². The standard InChI is InChI=1S/C24H16N2/c1-2-7-18(8-3-1)23-14-15-25-24(26-23)20-12-13-22-19(16-20)11-10-17-6-4-5-9-21(17)22/h1-16H. The van der Waals surface area contributed by atoms with Gasteiger partial charge in [-0.05, 0) is 33.7 Å². The fraction of sp³-hybridized carbons (Fsp3) is 0. The molecule has 0 spiro atoms. The molecule has 0 unspecified atom stereocenters. The highest BCUT2D eigenvalue weighted by Crippen LogP contribution is 2.29. The number of hydrogen-bond donors (Lipinski definition) is 0. The molecule has 0 fully saturated rings. The lowest BCUT2D eigenvalue weighted by atomic mass is 10.00. The second-order valence-corrected chi connectivity index (χ2v) is 6.35. The molecule has 0 atom stereocenters. The van der Waals surface area contributed by atoms with Gasteiger partial charge in [-0.2, -0.15) is 0 Å². The van der Waals surface area contributed by atoms with Gasteiger partial charge >= 0.3 is 0 Å². The smallest absolute Gasteiger partial charge is 0.159 e. The Morgan fingerprint density at radius 2 is 1.31 bits per heavy atom. The van der Waals surface area contributed by atoms with Crippen molar-refractivity contribution in [1.82, 2.24) is 9.97 Å². The van der Waals surface area contributed by atoms with Crippen molar-refractivity contribution in [3.8, 4) is 22.6 Å². The Morgan fingerprint density at radius 3 is 2.23 bits per heavy atom. The molecule has 5 aromatic rings. The van der Waals surface area contributed by atoms with Crippen LogP contribution >= 0.6 is 0 Å². The number of benzene rings is 4. The second kappa shape index (κ2) is 6.08. The summed E-state index contributed by atoms with van der Waals surface area (Å²) in [7, 11) is 0. The van der Waals surface area contributed by atoms with Gasteiger partial charge < -0.3 is 0 Å². The van der Waals surface area contributed by atoms with Crippen LogP contribution < -0.4 is 0 Å². The molecule has 122 valence electrons. The number of rotatable bonds is 2.